The number of rotatable bonds is 5. The molecule has 0 aliphatic heterocycles. The molecule has 1 aromatic rings. The SMILES string of the molecule is O=S(=O)([C-](c1c(F)c(F)c(F)c(F)c1F)S(=O)(=O)C(F)(F)C(F)(F)F)C(F)(F)C(F)(F)F. The number of halogens is 15. The van der Waals surface area contributed by atoms with Gasteiger partial charge >= 0.3 is 22.9 Å². The van der Waals surface area contributed by atoms with Crippen LogP contribution in [0.3, 0.4) is 0 Å². The third-order valence-electron chi connectivity index (χ3n) is 3.24. The fourth-order valence-corrected chi connectivity index (χ4v) is 5.49. The van der Waals surface area contributed by atoms with E-state index in [2.05, 4.69) is 0 Å². The highest BCUT2D eigenvalue weighted by molar-refractivity contribution is 8.14. The van der Waals surface area contributed by atoms with Crippen molar-refractivity contribution in [2.24, 2.45) is 0 Å². The molecule has 0 fully saturated rings. The van der Waals surface area contributed by atoms with E-state index in [4.69, 9.17) is 0 Å². The highest BCUT2D eigenvalue weighted by Crippen LogP contribution is 2.53. The summed E-state index contributed by atoms with van der Waals surface area (Å²) < 4.78 is 236. The van der Waals surface area contributed by atoms with Crippen molar-refractivity contribution in [2.45, 2.75) is 22.9 Å². The van der Waals surface area contributed by atoms with Gasteiger partial charge in [-0.15, -0.1) is 0 Å². The summed E-state index contributed by atoms with van der Waals surface area (Å²) in [6.07, 6.45) is -15.1. The lowest BCUT2D eigenvalue weighted by atomic mass is 10.2. The van der Waals surface area contributed by atoms with Gasteiger partial charge in [0.15, 0.2) is 5.82 Å². The lowest BCUT2D eigenvalue weighted by molar-refractivity contribution is -0.242. The molecule has 0 amide bonds. The van der Waals surface area contributed by atoms with Crippen LogP contribution in [0.25, 0.3) is 0 Å². The Morgan fingerprint density at radius 3 is 0.906 bits per heavy atom. The van der Waals surface area contributed by atoms with Gasteiger partial charge in [0.25, 0.3) is 0 Å². The molecule has 0 aliphatic carbocycles. The van der Waals surface area contributed by atoms with Gasteiger partial charge in [-0.05, 0) is 0 Å². The van der Waals surface area contributed by atoms with Crippen molar-refractivity contribution < 1.29 is 82.7 Å². The van der Waals surface area contributed by atoms with Crippen molar-refractivity contribution >= 4 is 19.7 Å². The summed E-state index contributed by atoms with van der Waals surface area (Å²) in [5.74, 6) is -18.2. The lowest BCUT2D eigenvalue weighted by Crippen LogP contribution is -2.53. The van der Waals surface area contributed by atoms with Gasteiger partial charge < -0.3 is 0 Å². The smallest absolute Gasteiger partial charge is 0.280 e. The molecule has 1 aromatic carbocycles. The third kappa shape index (κ3) is 3.71. The molecule has 0 spiro atoms. The van der Waals surface area contributed by atoms with Crippen LogP contribution in [0.15, 0.2) is 0 Å². The largest absolute Gasteiger partial charge is 0.468 e. The average Bonchev–Trinajstić information content (AvgIpc) is 2.59. The Morgan fingerprint density at radius 2 is 0.688 bits per heavy atom. The maximum atomic E-state index is 13.8. The van der Waals surface area contributed by atoms with Crippen LogP contribution in [-0.2, 0) is 19.7 Å². The maximum Gasteiger partial charge on any atom is 0.468 e. The topological polar surface area (TPSA) is 68.3 Å². The summed E-state index contributed by atoms with van der Waals surface area (Å²) in [4.78, 5) is 0. The molecule has 32 heavy (non-hydrogen) atoms. The number of alkyl halides is 10. The van der Waals surface area contributed by atoms with E-state index in [9.17, 15) is 82.7 Å². The first-order valence-corrected chi connectivity index (χ1v) is 9.53. The zero-order chi connectivity index (χ0) is 26.0. The van der Waals surface area contributed by atoms with Crippen molar-refractivity contribution in [1.82, 2.24) is 0 Å². The van der Waals surface area contributed by atoms with Crippen molar-refractivity contribution in [3.8, 4) is 0 Å². The fraction of sp³-hybridized carbons (Fsp3) is 0.364. The molecule has 1 rings (SSSR count). The predicted molar refractivity (Wildman–Crippen MR) is 68.4 cm³/mol. The van der Waals surface area contributed by atoms with Crippen molar-refractivity contribution in [3.05, 3.63) is 39.2 Å². The van der Waals surface area contributed by atoms with Crippen LogP contribution in [0.4, 0.5) is 65.9 Å². The van der Waals surface area contributed by atoms with Gasteiger partial charge in [-0.2, -0.15) is 43.9 Å². The van der Waals surface area contributed by atoms with Gasteiger partial charge in [0.2, 0.25) is 19.7 Å². The van der Waals surface area contributed by atoms with Gasteiger partial charge in [-0.25, -0.2) is 30.0 Å². The maximum absolute atomic E-state index is 13.8. The summed E-state index contributed by atoms with van der Waals surface area (Å²) in [6, 6.07) is 0. The van der Waals surface area contributed by atoms with Gasteiger partial charge in [0.05, 0.1) is 16.2 Å². The molecule has 0 saturated heterocycles. The molecule has 0 radical (unpaired) electrons. The van der Waals surface area contributed by atoms with Crippen molar-refractivity contribution in [2.75, 3.05) is 0 Å². The Hall–Kier alpha value is -2.06. The zero-order valence-corrected chi connectivity index (χ0v) is 15.3. The van der Waals surface area contributed by atoms with E-state index in [0.29, 0.717) is 0 Å². The fourth-order valence-electron chi connectivity index (χ4n) is 1.73. The molecule has 0 saturated carbocycles. The van der Waals surface area contributed by atoms with E-state index in [1.165, 1.54) is 0 Å². The van der Waals surface area contributed by atoms with Crippen molar-refractivity contribution in [3.63, 3.8) is 0 Å². The zero-order valence-electron chi connectivity index (χ0n) is 13.6. The summed E-state index contributed by atoms with van der Waals surface area (Å²) in [7, 11) is -17.3. The standard InChI is InChI=1S/C11F15O4S2/c12-2-1(3(13)5(15)6(16)4(2)14)7(31(27,28)10(23,24)8(17,18)19)32(29,30)11(25,26)9(20,21)22/q-1. The van der Waals surface area contributed by atoms with E-state index >= 15 is 0 Å². The predicted octanol–water partition coefficient (Wildman–Crippen LogP) is 4.36. The van der Waals surface area contributed by atoms with E-state index < -0.39 is 81.8 Å². The molecule has 0 aromatic heterocycles. The van der Waals surface area contributed by atoms with Gasteiger partial charge in [-0.3, -0.25) is 8.78 Å². The molecular formula is C11F15O4S2-. The summed E-state index contributed by atoms with van der Waals surface area (Å²) >= 11 is 0. The first kappa shape index (κ1) is 28.0. The Labute approximate surface area is 165 Å². The summed E-state index contributed by atoms with van der Waals surface area (Å²) in [5, 5.41) is -15.4. The number of benzene rings is 1. The van der Waals surface area contributed by atoms with Crippen LogP contribution in [0, 0.1) is 33.7 Å². The first-order valence-electron chi connectivity index (χ1n) is 6.57. The Bertz CT molecular complexity index is 1050. The average molecular weight is 545 g/mol. The van der Waals surface area contributed by atoms with Crippen LogP contribution in [-0.4, -0.2) is 39.7 Å². The molecule has 0 N–H and O–H groups in total. The minimum atomic E-state index is -8.65. The highest BCUT2D eigenvalue weighted by Gasteiger charge is 2.75. The third-order valence-corrected chi connectivity index (χ3v) is 7.75. The number of hydrogen-bond donors (Lipinski definition) is 0. The number of hydrogen-bond acceptors (Lipinski definition) is 4. The second-order valence-corrected chi connectivity index (χ2v) is 9.38. The van der Waals surface area contributed by atoms with Crippen LogP contribution in [0.2, 0.25) is 0 Å². The van der Waals surface area contributed by atoms with E-state index in [1.807, 2.05) is 0 Å². The monoisotopic (exact) mass is 545 g/mol. The van der Waals surface area contributed by atoms with E-state index in [0.717, 1.165) is 0 Å². The summed E-state index contributed by atoms with van der Waals surface area (Å²) in [5.41, 5.74) is -3.94. The second-order valence-electron chi connectivity index (χ2n) is 5.27. The molecule has 0 aliphatic rings. The molecule has 4 nitrogen and oxygen atoms in total. The minimum Gasteiger partial charge on any atom is -0.280 e. The van der Waals surface area contributed by atoms with Crippen LogP contribution in [0.5, 0.6) is 0 Å². The molecule has 186 valence electrons. The number of sulfone groups is 2. The Morgan fingerprint density at radius 1 is 0.469 bits per heavy atom. The van der Waals surface area contributed by atoms with Gasteiger partial charge in [0, 0.05) is 0 Å². The van der Waals surface area contributed by atoms with E-state index in [1.54, 1.807) is 0 Å². The molecule has 0 bridgehead atoms. The van der Waals surface area contributed by atoms with Gasteiger partial charge in [-0.1, -0.05) is 5.56 Å². The van der Waals surface area contributed by atoms with E-state index in [-0.39, 0.29) is 0 Å². The van der Waals surface area contributed by atoms with Crippen LogP contribution < -0.4 is 0 Å². The quantitative estimate of drug-likeness (QED) is 0.239. The molecule has 21 heteroatoms. The Balaban J connectivity index is 4.38. The second kappa shape index (κ2) is 7.48. The van der Waals surface area contributed by atoms with Crippen LogP contribution in [0.1, 0.15) is 5.56 Å². The summed E-state index contributed by atoms with van der Waals surface area (Å²) in [6.45, 7) is 0. The molecule has 0 heterocycles. The minimum absolute atomic E-state index is 3.34. The highest BCUT2D eigenvalue weighted by atomic mass is 32.3. The molecule has 0 atom stereocenters. The normalized spacial score (nSPS) is 14.6. The van der Waals surface area contributed by atoms with Crippen LogP contribution >= 0.6 is 0 Å². The first-order chi connectivity index (χ1) is 13.8. The lowest BCUT2D eigenvalue weighted by Gasteiger charge is -2.34. The molecule has 0 unspecified atom stereocenters. The molecular weight excluding hydrogens is 545 g/mol. The van der Waals surface area contributed by atoms with Crippen molar-refractivity contribution in [1.29, 1.82) is 0 Å². The Kier molecular flexibility index (Phi) is 6.54. The van der Waals surface area contributed by atoms with Gasteiger partial charge in [0.1, 0.15) is 11.6 Å².